The highest BCUT2D eigenvalue weighted by Crippen LogP contribution is 2.24. The summed E-state index contributed by atoms with van der Waals surface area (Å²) in [7, 11) is -3.37. The number of aryl methyl sites for hydroxylation is 1. The van der Waals surface area contributed by atoms with Crippen molar-refractivity contribution in [3.63, 3.8) is 0 Å². The first kappa shape index (κ1) is 25.1. The summed E-state index contributed by atoms with van der Waals surface area (Å²) < 4.78 is 24.9. The van der Waals surface area contributed by atoms with Crippen LogP contribution in [0.2, 0.25) is 0 Å². The minimum Gasteiger partial charge on any atom is -0.337 e. The smallest absolute Gasteiger partial charge is 0.231 e. The van der Waals surface area contributed by atoms with Gasteiger partial charge in [-0.1, -0.05) is 47.6 Å². The number of sulfonamides is 1. The van der Waals surface area contributed by atoms with Gasteiger partial charge in [0.05, 0.1) is 11.9 Å². The fourth-order valence-corrected chi connectivity index (χ4v) is 2.02. The average molecular weight is 369 g/mol. The summed E-state index contributed by atoms with van der Waals surface area (Å²) in [5.41, 5.74) is 1.51. The number of hydrogen-bond acceptors (Lipinski definition) is 5. The second-order valence-electron chi connectivity index (χ2n) is 4.07. The van der Waals surface area contributed by atoms with Crippen LogP contribution in [-0.4, -0.2) is 24.6 Å². The molecule has 25 heavy (non-hydrogen) atoms. The molecule has 0 atom stereocenters. The number of anilines is 3. The summed E-state index contributed by atoms with van der Waals surface area (Å²) in [5, 5.41) is 3.06. The van der Waals surface area contributed by atoms with E-state index < -0.39 is 10.0 Å². The molecule has 0 saturated heterocycles. The van der Waals surface area contributed by atoms with Crippen molar-refractivity contribution in [3.05, 3.63) is 42.2 Å². The van der Waals surface area contributed by atoms with E-state index in [9.17, 15) is 8.42 Å². The molecule has 0 aromatic carbocycles. The third-order valence-electron chi connectivity index (χ3n) is 2.35. The molecule has 2 aromatic heterocycles. The lowest BCUT2D eigenvalue weighted by atomic mass is 10.3. The Kier molecular flexibility index (Phi) is 14.3. The number of pyridine rings is 2. The monoisotopic (exact) mass is 368 g/mol. The molecule has 2 rings (SSSR count). The minimum absolute atomic E-state index is 0.245. The molecule has 0 fully saturated rings. The number of hydrogen-bond donors (Lipinski definition) is 2. The van der Waals surface area contributed by atoms with E-state index in [1.807, 2.05) is 60.6 Å². The van der Waals surface area contributed by atoms with E-state index in [4.69, 9.17) is 0 Å². The molecule has 7 heteroatoms. The van der Waals surface area contributed by atoms with Crippen molar-refractivity contribution >= 4 is 27.3 Å². The van der Waals surface area contributed by atoms with E-state index in [0.29, 0.717) is 11.5 Å². The summed E-state index contributed by atoms with van der Waals surface area (Å²) in [6.07, 6.45) is 4.26. The molecule has 6 nitrogen and oxygen atoms in total. The topological polar surface area (TPSA) is 84.0 Å². The van der Waals surface area contributed by atoms with Gasteiger partial charge in [-0.3, -0.25) is 4.72 Å². The number of nitrogens with zero attached hydrogens (tertiary/aromatic N) is 2. The Hall–Kier alpha value is -2.15. The number of aromatic nitrogens is 2. The molecule has 2 aromatic rings. The average Bonchev–Trinajstić information content (AvgIpc) is 2.62. The quantitative estimate of drug-likeness (QED) is 0.795. The third kappa shape index (κ3) is 10.3. The Morgan fingerprint density at radius 2 is 1.32 bits per heavy atom. The Labute approximate surface area is 153 Å². The lowest BCUT2D eigenvalue weighted by molar-refractivity contribution is 0.606. The van der Waals surface area contributed by atoms with Crippen molar-refractivity contribution in [2.24, 2.45) is 0 Å². The third-order valence-corrected chi connectivity index (χ3v) is 2.92. The van der Waals surface area contributed by atoms with Crippen LogP contribution in [-0.2, 0) is 10.0 Å². The highest BCUT2D eigenvalue weighted by Gasteiger charge is 2.09. The molecule has 0 bridgehead atoms. The summed E-state index contributed by atoms with van der Waals surface area (Å²) in [6.45, 7) is 13.9. The van der Waals surface area contributed by atoms with Crippen molar-refractivity contribution in [2.75, 3.05) is 16.3 Å². The van der Waals surface area contributed by atoms with E-state index in [1.54, 1.807) is 18.3 Å². The van der Waals surface area contributed by atoms with Gasteiger partial charge in [-0.25, -0.2) is 18.4 Å². The van der Waals surface area contributed by atoms with Gasteiger partial charge in [-0.05, 0) is 30.7 Å². The second kappa shape index (κ2) is 14.2. The molecule has 0 radical (unpaired) electrons. The predicted molar refractivity (Wildman–Crippen MR) is 109 cm³/mol. The van der Waals surface area contributed by atoms with Gasteiger partial charge in [-0.2, -0.15) is 0 Å². The predicted octanol–water partition coefficient (Wildman–Crippen LogP) is 4.98. The number of rotatable bonds is 4. The van der Waals surface area contributed by atoms with Crippen molar-refractivity contribution in [1.82, 2.24) is 9.97 Å². The lowest BCUT2D eigenvalue weighted by Crippen LogP contribution is -2.12. The van der Waals surface area contributed by atoms with Crippen LogP contribution in [0.1, 0.15) is 47.1 Å². The molecule has 142 valence electrons. The van der Waals surface area contributed by atoms with Gasteiger partial charge in [-0.15, -0.1) is 0 Å². The van der Waals surface area contributed by atoms with E-state index in [-0.39, 0.29) is 5.82 Å². The highest BCUT2D eigenvalue weighted by atomic mass is 32.2. The first-order valence-electron chi connectivity index (χ1n) is 8.57. The maximum absolute atomic E-state index is 11.3. The zero-order valence-corrected chi connectivity index (χ0v) is 17.4. The fraction of sp³-hybridized carbons (Fsp3) is 0.444. The molecule has 0 aliphatic heterocycles. The first-order valence-corrected chi connectivity index (χ1v) is 10.5. The van der Waals surface area contributed by atoms with Crippen molar-refractivity contribution in [2.45, 2.75) is 48.5 Å². The standard InChI is InChI=1S/C12H14N4O2S.3C2H6/c1-9-5-3-7-13-11(9)15-10-6-4-8-14-12(10)16-19(2,17)18;3*1-2/h3-8H,1-2H3,(H,13,15)(H,14,16);3*1-2H3. The van der Waals surface area contributed by atoms with Crippen LogP contribution in [0.5, 0.6) is 0 Å². The zero-order valence-electron chi connectivity index (χ0n) is 16.6. The summed E-state index contributed by atoms with van der Waals surface area (Å²) in [6, 6.07) is 7.19. The maximum Gasteiger partial charge on any atom is 0.231 e. The molecule has 0 unspecified atom stereocenters. The second-order valence-corrected chi connectivity index (χ2v) is 5.82. The fourth-order valence-electron chi connectivity index (χ4n) is 1.51. The van der Waals surface area contributed by atoms with E-state index in [0.717, 1.165) is 11.8 Å². The summed E-state index contributed by atoms with van der Waals surface area (Å²) >= 11 is 0. The molecular formula is C18H32N4O2S. The van der Waals surface area contributed by atoms with Crippen LogP contribution in [0.15, 0.2) is 36.7 Å². The van der Waals surface area contributed by atoms with Crippen LogP contribution in [0, 0.1) is 6.92 Å². The van der Waals surface area contributed by atoms with Gasteiger partial charge in [0.15, 0.2) is 5.82 Å². The number of nitrogens with one attached hydrogen (secondary N) is 2. The van der Waals surface area contributed by atoms with Crippen LogP contribution < -0.4 is 10.0 Å². The van der Waals surface area contributed by atoms with Gasteiger partial charge >= 0.3 is 0 Å². The molecule has 2 heterocycles. The molecule has 2 N–H and O–H groups in total. The van der Waals surface area contributed by atoms with Crippen molar-refractivity contribution < 1.29 is 8.42 Å². The summed E-state index contributed by atoms with van der Waals surface area (Å²) in [4.78, 5) is 8.20. The Bertz CT molecular complexity index is 689. The van der Waals surface area contributed by atoms with Gasteiger partial charge in [0, 0.05) is 12.4 Å². The van der Waals surface area contributed by atoms with Crippen LogP contribution >= 0.6 is 0 Å². The summed E-state index contributed by atoms with van der Waals surface area (Å²) in [5.74, 6) is 0.905. The highest BCUT2D eigenvalue weighted by molar-refractivity contribution is 7.92. The van der Waals surface area contributed by atoms with Crippen LogP contribution in [0.3, 0.4) is 0 Å². The molecule has 0 aliphatic rings. The van der Waals surface area contributed by atoms with E-state index in [1.165, 1.54) is 6.20 Å². The minimum atomic E-state index is -3.37. The Balaban J connectivity index is 0. The van der Waals surface area contributed by atoms with Gasteiger partial charge in [0.1, 0.15) is 5.82 Å². The molecule has 0 saturated carbocycles. The van der Waals surface area contributed by atoms with Crippen molar-refractivity contribution in [1.29, 1.82) is 0 Å². The lowest BCUT2D eigenvalue weighted by Gasteiger charge is -2.12. The Morgan fingerprint density at radius 1 is 0.840 bits per heavy atom. The SMILES string of the molecule is CC.CC.CC.Cc1cccnc1Nc1cccnc1NS(C)(=O)=O. The molecule has 0 spiro atoms. The van der Waals surface area contributed by atoms with Crippen molar-refractivity contribution in [3.8, 4) is 0 Å². The molecule has 0 aliphatic carbocycles. The van der Waals surface area contributed by atoms with Crippen LogP contribution in [0.25, 0.3) is 0 Å². The first-order chi connectivity index (χ1) is 12.0. The zero-order chi connectivity index (χ0) is 19.9. The van der Waals surface area contributed by atoms with Gasteiger partial charge < -0.3 is 5.32 Å². The van der Waals surface area contributed by atoms with Gasteiger partial charge in [0.25, 0.3) is 0 Å². The van der Waals surface area contributed by atoms with E-state index >= 15 is 0 Å². The van der Waals surface area contributed by atoms with E-state index in [2.05, 4.69) is 20.0 Å². The molecule has 0 amide bonds. The van der Waals surface area contributed by atoms with Crippen LogP contribution in [0.4, 0.5) is 17.3 Å². The largest absolute Gasteiger partial charge is 0.337 e. The maximum atomic E-state index is 11.3. The normalized spacial score (nSPS) is 9.12. The van der Waals surface area contributed by atoms with Gasteiger partial charge in [0.2, 0.25) is 10.0 Å². The molecular weight excluding hydrogens is 336 g/mol. The Morgan fingerprint density at radius 3 is 1.80 bits per heavy atom.